The van der Waals surface area contributed by atoms with Crippen LogP contribution < -0.4 is 0 Å². The van der Waals surface area contributed by atoms with Gasteiger partial charge in [0.25, 0.3) is 5.91 Å². The minimum absolute atomic E-state index is 0.121. The Kier molecular flexibility index (Phi) is 4.22. The summed E-state index contributed by atoms with van der Waals surface area (Å²) in [4.78, 5) is 34.9. The summed E-state index contributed by atoms with van der Waals surface area (Å²) in [6.07, 6.45) is 6.85. The highest BCUT2D eigenvalue weighted by atomic mass is 19.1. The molecule has 0 N–H and O–H groups in total. The fourth-order valence-electron chi connectivity index (χ4n) is 4.94. The quantitative estimate of drug-likeness (QED) is 0.798. The molecule has 3 fully saturated rings. The van der Waals surface area contributed by atoms with Crippen LogP contribution in [-0.2, 0) is 11.8 Å². The molecule has 7 heteroatoms. The van der Waals surface area contributed by atoms with Gasteiger partial charge in [-0.3, -0.25) is 9.59 Å². The van der Waals surface area contributed by atoms with Gasteiger partial charge in [-0.05, 0) is 49.4 Å². The lowest BCUT2D eigenvalue weighted by atomic mass is 9.75. The van der Waals surface area contributed by atoms with Gasteiger partial charge in [0.1, 0.15) is 5.82 Å². The van der Waals surface area contributed by atoms with E-state index in [4.69, 9.17) is 0 Å². The molecule has 1 spiro atoms. The monoisotopic (exact) mass is 396 g/mol. The summed E-state index contributed by atoms with van der Waals surface area (Å²) in [6.45, 7) is 2.43. The van der Waals surface area contributed by atoms with Crippen molar-refractivity contribution in [1.82, 2.24) is 19.4 Å². The Hall–Kier alpha value is -2.70. The third-order valence-corrected chi connectivity index (χ3v) is 6.72. The number of hydrogen-bond donors (Lipinski definition) is 0. The molecule has 152 valence electrons. The van der Waals surface area contributed by atoms with E-state index in [2.05, 4.69) is 4.98 Å². The van der Waals surface area contributed by atoms with Gasteiger partial charge in [0.05, 0.1) is 17.4 Å². The summed E-state index contributed by atoms with van der Waals surface area (Å²) in [5.74, 6) is 0.156. The number of hydrogen-bond acceptors (Lipinski definition) is 3. The molecule has 0 radical (unpaired) electrons. The second-order valence-corrected chi connectivity index (χ2v) is 8.81. The fourth-order valence-corrected chi connectivity index (χ4v) is 4.94. The van der Waals surface area contributed by atoms with Crippen LogP contribution in [0, 0.1) is 17.2 Å². The normalized spacial score (nSPS) is 26.7. The lowest BCUT2D eigenvalue weighted by molar-refractivity contribution is -0.136. The number of carbonyl (C=O) groups is 2. The van der Waals surface area contributed by atoms with Crippen molar-refractivity contribution in [3.05, 3.63) is 53.9 Å². The van der Waals surface area contributed by atoms with Gasteiger partial charge >= 0.3 is 0 Å². The molecule has 29 heavy (non-hydrogen) atoms. The minimum Gasteiger partial charge on any atom is -0.342 e. The van der Waals surface area contributed by atoms with Crippen molar-refractivity contribution in [3.63, 3.8) is 0 Å². The largest absolute Gasteiger partial charge is 0.342 e. The van der Waals surface area contributed by atoms with Crippen molar-refractivity contribution in [2.24, 2.45) is 18.4 Å². The van der Waals surface area contributed by atoms with Gasteiger partial charge in [0.15, 0.2) is 0 Å². The highest BCUT2D eigenvalue weighted by Crippen LogP contribution is 2.50. The van der Waals surface area contributed by atoms with Crippen LogP contribution in [0.4, 0.5) is 4.39 Å². The molecule has 1 aromatic carbocycles. The van der Waals surface area contributed by atoms with Crippen LogP contribution in [-0.4, -0.2) is 57.3 Å². The van der Waals surface area contributed by atoms with Crippen molar-refractivity contribution in [2.75, 3.05) is 26.2 Å². The molecule has 0 unspecified atom stereocenters. The summed E-state index contributed by atoms with van der Waals surface area (Å²) >= 11 is 0. The number of imidazole rings is 1. The summed E-state index contributed by atoms with van der Waals surface area (Å²) in [5.41, 5.74) is 0.700. The lowest BCUT2D eigenvalue weighted by Crippen LogP contribution is -2.41. The smallest absolute Gasteiger partial charge is 0.253 e. The first-order valence-corrected chi connectivity index (χ1v) is 10.3. The van der Waals surface area contributed by atoms with Crippen molar-refractivity contribution >= 4 is 11.8 Å². The Morgan fingerprint density at radius 1 is 1.28 bits per heavy atom. The number of nitrogens with zero attached hydrogens (tertiary/aromatic N) is 4. The second-order valence-electron chi connectivity index (χ2n) is 8.81. The van der Waals surface area contributed by atoms with Crippen molar-refractivity contribution < 1.29 is 14.0 Å². The number of benzene rings is 1. The zero-order chi connectivity index (χ0) is 20.2. The van der Waals surface area contributed by atoms with Crippen LogP contribution >= 0.6 is 0 Å². The van der Waals surface area contributed by atoms with E-state index in [1.54, 1.807) is 11.2 Å². The molecule has 2 atom stereocenters. The molecule has 3 aliphatic rings. The lowest BCUT2D eigenvalue weighted by Gasteiger charge is -2.27. The van der Waals surface area contributed by atoms with E-state index in [1.165, 1.54) is 37.1 Å². The van der Waals surface area contributed by atoms with Crippen molar-refractivity contribution in [2.45, 2.75) is 25.2 Å². The Bertz CT molecular complexity index is 952. The Balaban J connectivity index is 1.46. The number of halogens is 1. The maximum absolute atomic E-state index is 13.5. The van der Waals surface area contributed by atoms with Crippen LogP contribution in [0.15, 0.2) is 36.8 Å². The van der Waals surface area contributed by atoms with E-state index >= 15 is 0 Å². The predicted molar refractivity (Wildman–Crippen MR) is 105 cm³/mol. The van der Waals surface area contributed by atoms with E-state index in [0.29, 0.717) is 24.6 Å². The topological polar surface area (TPSA) is 58.4 Å². The fraction of sp³-hybridized carbons (Fsp3) is 0.500. The van der Waals surface area contributed by atoms with Gasteiger partial charge in [0, 0.05) is 50.9 Å². The van der Waals surface area contributed by atoms with Gasteiger partial charge in [-0.2, -0.15) is 0 Å². The van der Waals surface area contributed by atoms with Gasteiger partial charge in [0.2, 0.25) is 5.91 Å². The van der Waals surface area contributed by atoms with E-state index in [-0.39, 0.29) is 23.5 Å². The molecule has 2 saturated heterocycles. The summed E-state index contributed by atoms with van der Waals surface area (Å²) in [6, 6.07) is 5.61. The van der Waals surface area contributed by atoms with Crippen LogP contribution in [0.25, 0.3) is 0 Å². The Morgan fingerprint density at radius 3 is 2.69 bits per heavy atom. The molecule has 6 nitrogen and oxygen atoms in total. The average molecular weight is 396 g/mol. The maximum Gasteiger partial charge on any atom is 0.253 e. The number of rotatable bonds is 4. The number of aromatic nitrogens is 2. The molecule has 3 heterocycles. The number of amides is 2. The highest BCUT2D eigenvalue weighted by Gasteiger charge is 2.59. The third kappa shape index (κ3) is 3.12. The van der Waals surface area contributed by atoms with Crippen LogP contribution in [0.1, 0.15) is 41.2 Å². The molecule has 2 amide bonds. The summed E-state index contributed by atoms with van der Waals surface area (Å²) < 4.78 is 15.2. The second kappa shape index (κ2) is 6.68. The molecular formula is C22H25FN4O2. The first-order valence-electron chi connectivity index (χ1n) is 10.3. The minimum atomic E-state index is -0.612. The highest BCUT2D eigenvalue weighted by molar-refractivity contribution is 5.96. The van der Waals surface area contributed by atoms with Crippen LogP contribution in [0.2, 0.25) is 0 Å². The Labute approximate surface area is 169 Å². The summed E-state index contributed by atoms with van der Waals surface area (Å²) in [5, 5.41) is 0. The average Bonchev–Trinajstić information content (AvgIpc) is 3.16. The van der Waals surface area contributed by atoms with E-state index in [1.807, 2.05) is 22.7 Å². The van der Waals surface area contributed by atoms with Crippen molar-refractivity contribution in [1.29, 1.82) is 0 Å². The first-order chi connectivity index (χ1) is 14.0. The molecule has 2 aromatic rings. The molecular weight excluding hydrogens is 371 g/mol. The molecule has 0 bridgehead atoms. The van der Waals surface area contributed by atoms with E-state index in [9.17, 15) is 14.0 Å². The number of carbonyl (C=O) groups excluding carboxylic acids is 2. The maximum atomic E-state index is 13.5. The van der Waals surface area contributed by atoms with Crippen molar-refractivity contribution in [3.8, 4) is 0 Å². The molecule has 2 aliphatic heterocycles. The van der Waals surface area contributed by atoms with Gasteiger partial charge in [-0.25, -0.2) is 9.37 Å². The van der Waals surface area contributed by atoms with E-state index < -0.39 is 5.41 Å². The van der Waals surface area contributed by atoms with Gasteiger partial charge in [-0.1, -0.05) is 0 Å². The molecule has 1 saturated carbocycles. The molecule has 1 aliphatic carbocycles. The molecule has 1 aromatic heterocycles. The number of likely N-dealkylation sites (tertiary alicyclic amines) is 2. The molecule has 5 rings (SSSR count). The first kappa shape index (κ1) is 18.3. The zero-order valence-corrected chi connectivity index (χ0v) is 16.6. The Morgan fingerprint density at radius 2 is 2.03 bits per heavy atom. The SMILES string of the molecule is Cn1cnc([C@@H]2CN(C(=O)c3ccc(F)cc3)C[C@]23CCN(CC2CC2)C3=O)c1. The van der Waals surface area contributed by atoms with Gasteiger partial charge in [-0.15, -0.1) is 0 Å². The zero-order valence-electron chi connectivity index (χ0n) is 16.6. The predicted octanol–water partition coefficient (Wildman–Crippen LogP) is 2.43. The van der Waals surface area contributed by atoms with Crippen LogP contribution in [0.3, 0.4) is 0 Å². The summed E-state index contributed by atoms with van der Waals surface area (Å²) in [7, 11) is 1.91. The standard InChI is InChI=1S/C22H25FN4O2/c1-25-12-19(24-14-25)18-11-27(20(28)16-4-6-17(23)7-5-16)13-22(18)8-9-26(21(22)29)10-15-2-3-15/h4-7,12,14-15,18H,2-3,8-11,13H2,1H3/t18-,22+/m0/s1. The van der Waals surface area contributed by atoms with E-state index in [0.717, 1.165) is 25.2 Å². The number of aryl methyl sites for hydroxylation is 1. The van der Waals surface area contributed by atoms with Crippen LogP contribution in [0.5, 0.6) is 0 Å². The third-order valence-electron chi connectivity index (χ3n) is 6.72. The van der Waals surface area contributed by atoms with Gasteiger partial charge < -0.3 is 14.4 Å².